The van der Waals surface area contributed by atoms with Gasteiger partial charge in [0.15, 0.2) is 0 Å². The monoisotopic (exact) mass is 240 g/mol. The van der Waals surface area contributed by atoms with Crippen LogP contribution in [0.2, 0.25) is 0 Å². The fourth-order valence-electron chi connectivity index (χ4n) is 2.31. The van der Waals surface area contributed by atoms with Crippen molar-refractivity contribution < 1.29 is 4.79 Å². The summed E-state index contributed by atoms with van der Waals surface area (Å²) < 4.78 is 0. The van der Waals surface area contributed by atoms with E-state index in [1.807, 2.05) is 36.4 Å². The zero-order chi connectivity index (χ0) is 11.8. The van der Waals surface area contributed by atoms with Crippen LogP contribution in [0.4, 0.5) is 0 Å². The third kappa shape index (κ3) is 1.69. The molecule has 0 amide bonds. The topological polar surface area (TPSA) is 17.1 Å². The van der Waals surface area contributed by atoms with Crippen LogP contribution in [0.1, 0.15) is 34.3 Å². The molecule has 1 aliphatic heterocycles. The fourth-order valence-corrected chi connectivity index (χ4v) is 3.32. The minimum Gasteiger partial charge on any atom is -0.281 e. The van der Waals surface area contributed by atoms with E-state index in [-0.39, 0.29) is 11.0 Å². The summed E-state index contributed by atoms with van der Waals surface area (Å²) in [6.07, 6.45) is 0. The van der Waals surface area contributed by atoms with Gasteiger partial charge in [0.1, 0.15) is 0 Å². The summed E-state index contributed by atoms with van der Waals surface area (Å²) >= 11 is 1.34. The molecule has 1 heterocycles. The zero-order valence-corrected chi connectivity index (χ0v) is 10.3. The van der Waals surface area contributed by atoms with Gasteiger partial charge in [-0.1, -0.05) is 49.4 Å². The molecule has 0 bridgehead atoms. The molecule has 2 heteroatoms. The first-order chi connectivity index (χ1) is 8.27. The number of rotatable bonds is 0. The normalized spacial score (nSPS) is 18.2. The van der Waals surface area contributed by atoms with E-state index in [1.54, 1.807) is 0 Å². The molecule has 0 saturated heterocycles. The van der Waals surface area contributed by atoms with E-state index >= 15 is 0 Å². The van der Waals surface area contributed by atoms with Gasteiger partial charge in [-0.25, -0.2) is 0 Å². The summed E-state index contributed by atoms with van der Waals surface area (Å²) in [6.45, 7) is 2.16. The molecule has 1 aliphatic rings. The first-order valence-electron chi connectivity index (χ1n) is 5.67. The summed E-state index contributed by atoms with van der Waals surface area (Å²) in [5.74, 6) is 0.279. The van der Waals surface area contributed by atoms with Crippen molar-refractivity contribution in [3.63, 3.8) is 0 Å². The lowest BCUT2D eigenvalue weighted by Gasteiger charge is -2.13. The van der Waals surface area contributed by atoms with Crippen molar-refractivity contribution in [2.24, 2.45) is 0 Å². The number of hydrogen-bond acceptors (Lipinski definition) is 2. The van der Waals surface area contributed by atoms with E-state index in [0.29, 0.717) is 0 Å². The Morgan fingerprint density at radius 2 is 1.59 bits per heavy atom. The van der Waals surface area contributed by atoms with E-state index < -0.39 is 0 Å². The van der Waals surface area contributed by atoms with Gasteiger partial charge >= 0.3 is 0 Å². The van der Waals surface area contributed by atoms with Crippen LogP contribution in [0.5, 0.6) is 0 Å². The Kier molecular flexibility index (Phi) is 2.52. The highest BCUT2D eigenvalue weighted by Gasteiger charge is 2.24. The van der Waals surface area contributed by atoms with Gasteiger partial charge in [0.2, 0.25) is 5.12 Å². The predicted molar refractivity (Wildman–Crippen MR) is 70.6 cm³/mol. The molecule has 3 rings (SSSR count). The summed E-state index contributed by atoms with van der Waals surface area (Å²) in [6, 6.07) is 16.1. The summed E-state index contributed by atoms with van der Waals surface area (Å²) in [5.41, 5.74) is 3.23. The maximum absolute atomic E-state index is 12.2. The average Bonchev–Trinajstić information content (AvgIpc) is 2.48. The van der Waals surface area contributed by atoms with Crippen LogP contribution in [-0.2, 0) is 0 Å². The lowest BCUT2D eigenvalue weighted by atomic mass is 9.90. The van der Waals surface area contributed by atoms with Crippen LogP contribution in [0.15, 0.2) is 53.4 Å². The molecule has 0 aromatic heterocycles. The van der Waals surface area contributed by atoms with Gasteiger partial charge in [0.25, 0.3) is 0 Å². The molecule has 1 nitrogen and oxygen atoms in total. The molecule has 2 aromatic carbocycles. The molecule has 0 spiro atoms. The van der Waals surface area contributed by atoms with Crippen LogP contribution >= 0.6 is 11.8 Å². The predicted octanol–water partition coefficient (Wildman–Crippen LogP) is 4.08. The quantitative estimate of drug-likeness (QED) is 0.690. The van der Waals surface area contributed by atoms with Crippen LogP contribution in [0.25, 0.3) is 0 Å². The number of carbonyl (C=O) groups is 1. The SMILES string of the molecule is CC1c2ccccc2SC(=O)c2ccccc21. The van der Waals surface area contributed by atoms with Gasteiger partial charge in [-0.05, 0) is 29.0 Å². The molecule has 0 saturated carbocycles. The van der Waals surface area contributed by atoms with Crippen LogP contribution in [0, 0.1) is 0 Å². The number of hydrogen-bond donors (Lipinski definition) is 0. The highest BCUT2D eigenvalue weighted by molar-refractivity contribution is 8.14. The van der Waals surface area contributed by atoms with Gasteiger partial charge in [0, 0.05) is 16.4 Å². The molecule has 0 fully saturated rings. The van der Waals surface area contributed by atoms with E-state index in [2.05, 4.69) is 19.1 Å². The summed E-state index contributed by atoms with van der Waals surface area (Å²) in [7, 11) is 0. The maximum Gasteiger partial charge on any atom is 0.224 e. The average molecular weight is 240 g/mol. The molecule has 1 atom stereocenters. The lowest BCUT2D eigenvalue weighted by molar-refractivity contribution is 0.108. The highest BCUT2D eigenvalue weighted by atomic mass is 32.2. The lowest BCUT2D eigenvalue weighted by Crippen LogP contribution is -2.00. The van der Waals surface area contributed by atoms with Gasteiger partial charge in [-0.2, -0.15) is 0 Å². The van der Waals surface area contributed by atoms with Crippen molar-refractivity contribution in [1.29, 1.82) is 0 Å². The second-order valence-corrected chi connectivity index (χ2v) is 5.25. The summed E-state index contributed by atoms with van der Waals surface area (Å²) in [5, 5.41) is 0.150. The smallest absolute Gasteiger partial charge is 0.224 e. The molecule has 0 radical (unpaired) electrons. The van der Waals surface area contributed by atoms with Crippen molar-refractivity contribution in [2.45, 2.75) is 17.7 Å². The van der Waals surface area contributed by atoms with E-state index in [9.17, 15) is 4.79 Å². The van der Waals surface area contributed by atoms with Crippen LogP contribution in [0.3, 0.4) is 0 Å². The van der Waals surface area contributed by atoms with E-state index in [0.717, 1.165) is 16.0 Å². The minimum absolute atomic E-state index is 0.150. The molecular formula is C15H12OS. The Morgan fingerprint density at radius 3 is 2.41 bits per heavy atom. The van der Waals surface area contributed by atoms with Crippen LogP contribution in [-0.4, -0.2) is 5.12 Å². The van der Waals surface area contributed by atoms with Gasteiger partial charge in [-0.15, -0.1) is 0 Å². The third-order valence-electron chi connectivity index (χ3n) is 3.24. The molecule has 1 unspecified atom stereocenters. The Labute approximate surface area is 105 Å². The zero-order valence-electron chi connectivity index (χ0n) is 9.51. The first kappa shape index (κ1) is 10.6. The molecule has 0 aliphatic carbocycles. The number of benzene rings is 2. The second-order valence-electron chi connectivity index (χ2n) is 4.24. The summed E-state index contributed by atoms with van der Waals surface area (Å²) in [4.78, 5) is 13.3. The van der Waals surface area contributed by atoms with Crippen LogP contribution < -0.4 is 0 Å². The maximum atomic E-state index is 12.2. The molecule has 0 N–H and O–H groups in total. The Bertz CT molecular complexity index is 589. The Balaban J connectivity index is 2.26. The number of thioether (sulfide) groups is 1. The standard InChI is InChI=1S/C15H12OS/c1-10-11-6-2-3-8-13(11)15(16)17-14-9-5-4-7-12(10)14/h2-10H,1H3. The van der Waals surface area contributed by atoms with Crippen molar-refractivity contribution >= 4 is 16.9 Å². The van der Waals surface area contributed by atoms with Crippen molar-refractivity contribution in [2.75, 3.05) is 0 Å². The van der Waals surface area contributed by atoms with Crippen molar-refractivity contribution in [1.82, 2.24) is 0 Å². The number of fused-ring (bicyclic) bond motifs is 2. The van der Waals surface area contributed by atoms with Crippen molar-refractivity contribution in [3.05, 3.63) is 65.2 Å². The molecule has 17 heavy (non-hydrogen) atoms. The Morgan fingerprint density at radius 1 is 0.941 bits per heavy atom. The second kappa shape index (κ2) is 4.04. The fraction of sp³-hybridized carbons (Fsp3) is 0.133. The van der Waals surface area contributed by atoms with Crippen molar-refractivity contribution in [3.8, 4) is 0 Å². The van der Waals surface area contributed by atoms with E-state index in [1.165, 1.54) is 17.3 Å². The third-order valence-corrected chi connectivity index (χ3v) is 4.23. The van der Waals surface area contributed by atoms with Gasteiger partial charge < -0.3 is 0 Å². The first-order valence-corrected chi connectivity index (χ1v) is 6.49. The molecule has 84 valence electrons. The van der Waals surface area contributed by atoms with E-state index in [4.69, 9.17) is 0 Å². The van der Waals surface area contributed by atoms with Gasteiger partial charge in [0.05, 0.1) is 0 Å². The van der Waals surface area contributed by atoms with Gasteiger partial charge in [-0.3, -0.25) is 4.79 Å². The highest BCUT2D eigenvalue weighted by Crippen LogP contribution is 2.39. The minimum atomic E-state index is 0.150. The Hall–Kier alpha value is -1.54. The molecular weight excluding hydrogens is 228 g/mol. The number of carbonyl (C=O) groups excluding carboxylic acids is 1. The largest absolute Gasteiger partial charge is 0.281 e. The molecule has 2 aromatic rings.